The molecule has 0 bridgehead atoms. The van der Waals surface area contributed by atoms with E-state index in [1.165, 1.54) is 33.0 Å². The lowest BCUT2D eigenvalue weighted by Crippen LogP contribution is -1.92. The molecule has 0 saturated carbocycles. The van der Waals surface area contributed by atoms with Crippen molar-refractivity contribution >= 4 is 54.6 Å². The second-order valence-electron chi connectivity index (χ2n) is 13.3. The minimum atomic E-state index is 0.755. The molecule has 0 saturated heterocycles. The number of rotatable bonds is 4. The van der Waals surface area contributed by atoms with Gasteiger partial charge in [-0.1, -0.05) is 84.4 Å². The number of fused-ring (bicyclic) bond motifs is 12. The van der Waals surface area contributed by atoms with E-state index in [9.17, 15) is 0 Å². The van der Waals surface area contributed by atoms with Crippen LogP contribution in [0.3, 0.4) is 0 Å². The van der Waals surface area contributed by atoms with Crippen molar-refractivity contribution < 1.29 is 4.74 Å². The number of pyridine rings is 2. The average molecular weight is 645 g/mol. The lowest BCUT2D eigenvalue weighted by molar-refractivity contribution is 0.484. The molecule has 4 heterocycles. The second kappa shape index (κ2) is 10.8. The first-order valence-electron chi connectivity index (χ1n) is 17.0. The Hall–Kier alpha value is -6.46. The molecule has 0 aliphatic carbocycles. The predicted molar refractivity (Wildman–Crippen MR) is 206 cm³/mol. The van der Waals surface area contributed by atoms with Crippen LogP contribution in [0, 0.1) is 20.8 Å². The summed E-state index contributed by atoms with van der Waals surface area (Å²) < 4.78 is 11.1. The Balaban J connectivity index is 1.14. The van der Waals surface area contributed by atoms with Crippen molar-refractivity contribution in [2.45, 2.75) is 20.8 Å². The zero-order valence-corrected chi connectivity index (χ0v) is 28.0. The summed E-state index contributed by atoms with van der Waals surface area (Å²) in [5, 5.41) is 6.73. The Morgan fingerprint density at radius 3 is 1.54 bits per heavy atom. The molecule has 5 heteroatoms. The molecule has 50 heavy (non-hydrogen) atoms. The van der Waals surface area contributed by atoms with Crippen molar-refractivity contribution in [2.75, 3.05) is 0 Å². The molecule has 10 aromatic rings. The average Bonchev–Trinajstić information content (AvgIpc) is 3.78. The van der Waals surface area contributed by atoms with E-state index in [1.54, 1.807) is 0 Å². The monoisotopic (exact) mass is 644 g/mol. The Labute approximate surface area is 288 Å². The van der Waals surface area contributed by atoms with Gasteiger partial charge in [-0.2, -0.15) is 0 Å². The fraction of sp³-hybridized carbons (Fsp3) is 0.0667. The van der Waals surface area contributed by atoms with Crippen LogP contribution in [0.25, 0.3) is 77.2 Å². The van der Waals surface area contributed by atoms with Gasteiger partial charge in [-0.25, -0.2) is 9.97 Å². The highest BCUT2D eigenvalue weighted by Crippen LogP contribution is 2.38. The zero-order chi connectivity index (χ0) is 33.5. The van der Waals surface area contributed by atoms with Crippen LogP contribution in [0.5, 0.6) is 11.5 Å². The van der Waals surface area contributed by atoms with Gasteiger partial charge in [0.05, 0.1) is 22.4 Å². The molecule has 0 aliphatic rings. The SMILES string of the molecule is Cc1cc(C)c(-c2cn3c4ccccc4c4ccc(Oc5ccc6c7ccccc7n7cc(-c8ccccc8)nc7c6c5)cc4c3n2)c(C)c1. The van der Waals surface area contributed by atoms with Crippen LogP contribution in [0.15, 0.2) is 140 Å². The topological polar surface area (TPSA) is 43.8 Å². The lowest BCUT2D eigenvalue weighted by atomic mass is 9.98. The van der Waals surface area contributed by atoms with Crippen LogP contribution in [0.2, 0.25) is 0 Å². The van der Waals surface area contributed by atoms with Crippen molar-refractivity contribution in [3.8, 4) is 34.0 Å². The van der Waals surface area contributed by atoms with Gasteiger partial charge < -0.3 is 4.74 Å². The van der Waals surface area contributed by atoms with E-state index < -0.39 is 0 Å². The Morgan fingerprint density at radius 2 is 0.960 bits per heavy atom. The van der Waals surface area contributed by atoms with E-state index in [0.29, 0.717) is 0 Å². The van der Waals surface area contributed by atoms with E-state index in [0.717, 1.165) is 72.3 Å². The van der Waals surface area contributed by atoms with Gasteiger partial charge in [0, 0.05) is 45.1 Å². The summed E-state index contributed by atoms with van der Waals surface area (Å²) in [5.41, 5.74) is 12.0. The summed E-state index contributed by atoms with van der Waals surface area (Å²) in [7, 11) is 0. The number of aromatic nitrogens is 4. The van der Waals surface area contributed by atoms with Gasteiger partial charge in [0.15, 0.2) is 0 Å². The summed E-state index contributed by atoms with van der Waals surface area (Å²) in [6.45, 7) is 6.49. The molecule has 0 unspecified atom stereocenters. The summed E-state index contributed by atoms with van der Waals surface area (Å²) in [6, 6.07) is 44.6. The molecule has 6 aromatic carbocycles. The van der Waals surface area contributed by atoms with Crippen molar-refractivity contribution in [3.05, 3.63) is 156 Å². The fourth-order valence-corrected chi connectivity index (χ4v) is 7.93. The number of nitrogens with zero attached hydrogens (tertiary/aromatic N) is 4. The molecular formula is C45H32N4O. The van der Waals surface area contributed by atoms with Crippen LogP contribution < -0.4 is 4.74 Å². The molecule has 0 radical (unpaired) electrons. The maximum absolute atomic E-state index is 6.68. The largest absolute Gasteiger partial charge is 0.457 e. The van der Waals surface area contributed by atoms with Crippen LogP contribution in [-0.2, 0) is 0 Å². The number of hydrogen-bond donors (Lipinski definition) is 0. The number of benzene rings is 6. The Kier molecular flexibility index (Phi) is 6.15. The van der Waals surface area contributed by atoms with Gasteiger partial charge >= 0.3 is 0 Å². The Bertz CT molecular complexity index is 2970. The number of ether oxygens (including phenoxy) is 1. The van der Waals surface area contributed by atoms with E-state index >= 15 is 0 Å². The van der Waals surface area contributed by atoms with Crippen molar-refractivity contribution in [1.29, 1.82) is 0 Å². The number of para-hydroxylation sites is 2. The highest BCUT2D eigenvalue weighted by molar-refractivity contribution is 6.13. The van der Waals surface area contributed by atoms with Gasteiger partial charge in [-0.05, 0) is 91.2 Å². The highest BCUT2D eigenvalue weighted by atomic mass is 16.5. The third kappa shape index (κ3) is 4.33. The first kappa shape index (κ1) is 28.5. The van der Waals surface area contributed by atoms with Crippen molar-refractivity contribution in [3.63, 3.8) is 0 Å². The van der Waals surface area contributed by atoms with Crippen molar-refractivity contribution in [2.24, 2.45) is 0 Å². The maximum Gasteiger partial charge on any atom is 0.146 e. The summed E-state index contributed by atoms with van der Waals surface area (Å²) in [5.74, 6) is 1.51. The van der Waals surface area contributed by atoms with Gasteiger partial charge in [0.1, 0.15) is 22.8 Å². The minimum Gasteiger partial charge on any atom is -0.457 e. The van der Waals surface area contributed by atoms with E-state index in [4.69, 9.17) is 14.7 Å². The van der Waals surface area contributed by atoms with Gasteiger partial charge in [0.25, 0.3) is 0 Å². The third-order valence-corrected chi connectivity index (χ3v) is 10.0. The number of aryl methyl sites for hydroxylation is 3. The molecule has 0 atom stereocenters. The maximum atomic E-state index is 6.68. The molecule has 4 aromatic heterocycles. The molecular weight excluding hydrogens is 613 g/mol. The van der Waals surface area contributed by atoms with E-state index in [1.807, 2.05) is 6.07 Å². The van der Waals surface area contributed by atoms with Crippen molar-refractivity contribution in [1.82, 2.24) is 18.8 Å². The van der Waals surface area contributed by atoms with Gasteiger partial charge in [-0.15, -0.1) is 0 Å². The molecule has 5 nitrogen and oxygen atoms in total. The van der Waals surface area contributed by atoms with Gasteiger partial charge in [-0.3, -0.25) is 8.80 Å². The Morgan fingerprint density at radius 1 is 0.460 bits per heavy atom. The second-order valence-corrected chi connectivity index (χ2v) is 13.3. The van der Waals surface area contributed by atoms with Crippen LogP contribution in [0.4, 0.5) is 0 Å². The number of hydrogen-bond acceptors (Lipinski definition) is 3. The molecule has 0 aliphatic heterocycles. The summed E-state index contributed by atoms with van der Waals surface area (Å²) >= 11 is 0. The molecule has 0 spiro atoms. The first-order chi connectivity index (χ1) is 24.5. The summed E-state index contributed by atoms with van der Waals surface area (Å²) in [6.07, 6.45) is 4.32. The van der Waals surface area contributed by atoms with Crippen LogP contribution in [-0.4, -0.2) is 18.8 Å². The molecule has 238 valence electrons. The van der Waals surface area contributed by atoms with E-state index in [-0.39, 0.29) is 0 Å². The normalized spacial score (nSPS) is 11.9. The first-order valence-corrected chi connectivity index (χ1v) is 17.0. The molecule has 10 rings (SSSR count). The molecule has 0 fully saturated rings. The molecule has 0 amide bonds. The smallest absolute Gasteiger partial charge is 0.146 e. The fourth-order valence-electron chi connectivity index (χ4n) is 7.93. The standard InChI is InChI=1S/C45H32N4O/c1-27-21-28(2)43(29(3)22-27)40-26-49-42-16-10-8-14-36(42)34-20-18-32(24-38(34)45(49)47-40)50-31-17-19-33-35-13-7-9-15-41(35)48-25-39(30-11-5-4-6-12-30)46-44(48)37(33)23-31/h4-26H,1-3H3. The number of imidazole rings is 2. The van der Waals surface area contributed by atoms with Gasteiger partial charge in [0.2, 0.25) is 0 Å². The lowest BCUT2D eigenvalue weighted by Gasteiger charge is -2.12. The quantitative estimate of drug-likeness (QED) is 0.179. The minimum absolute atomic E-state index is 0.755. The highest BCUT2D eigenvalue weighted by Gasteiger charge is 2.17. The van der Waals surface area contributed by atoms with Crippen LogP contribution >= 0.6 is 0 Å². The predicted octanol–water partition coefficient (Wildman–Crippen LogP) is 11.6. The summed E-state index contributed by atoms with van der Waals surface area (Å²) in [4.78, 5) is 10.4. The molecule has 0 N–H and O–H groups in total. The van der Waals surface area contributed by atoms with Crippen LogP contribution in [0.1, 0.15) is 16.7 Å². The third-order valence-electron chi connectivity index (χ3n) is 10.0. The zero-order valence-electron chi connectivity index (χ0n) is 28.0. The van der Waals surface area contributed by atoms with E-state index in [2.05, 4.69) is 163 Å².